The molecule has 31 heavy (non-hydrogen) atoms. The van der Waals surface area contributed by atoms with Gasteiger partial charge in [0, 0.05) is 35.3 Å². The average Bonchev–Trinajstić information content (AvgIpc) is 2.79. The van der Waals surface area contributed by atoms with Crippen molar-refractivity contribution >= 4 is 39.9 Å². The molecule has 3 aromatic carbocycles. The second-order valence-corrected chi connectivity index (χ2v) is 6.70. The first-order chi connectivity index (χ1) is 15.0. The fraction of sp³-hybridized carbons (Fsp3) is 0.160. The number of nitrogens with one attached hydrogen (secondary N) is 1. The number of benzene rings is 3. The van der Waals surface area contributed by atoms with E-state index in [2.05, 4.69) is 5.32 Å². The van der Waals surface area contributed by atoms with E-state index in [0.717, 1.165) is 28.6 Å². The first-order valence-electron chi connectivity index (χ1n) is 10.1. The first-order valence-corrected chi connectivity index (χ1v) is 10.1. The number of esters is 1. The van der Waals surface area contributed by atoms with Crippen molar-refractivity contribution in [1.82, 2.24) is 0 Å². The fourth-order valence-electron chi connectivity index (χ4n) is 3.24. The van der Waals surface area contributed by atoms with Crippen LogP contribution in [0.2, 0.25) is 0 Å². The third-order valence-corrected chi connectivity index (χ3v) is 4.68. The summed E-state index contributed by atoms with van der Waals surface area (Å²) in [6.45, 7) is 4.39. The number of ether oxygens (including phenoxy) is 1. The molecule has 0 fully saturated rings. The van der Waals surface area contributed by atoms with E-state index in [0.29, 0.717) is 17.8 Å². The maximum absolute atomic E-state index is 13.2. The average molecular weight is 416 g/mol. The Balaban J connectivity index is 1.74. The zero-order valence-corrected chi connectivity index (χ0v) is 17.5. The van der Waals surface area contributed by atoms with Crippen molar-refractivity contribution in [2.45, 2.75) is 13.8 Å². The van der Waals surface area contributed by atoms with Crippen LogP contribution in [0.5, 0.6) is 0 Å². The number of carbonyl (C=O) groups excluding carboxylic acids is 3. The van der Waals surface area contributed by atoms with Crippen LogP contribution in [-0.2, 0) is 14.3 Å². The SMILES string of the molecule is CCOC(=O)C=CC(=O)Nc1ccc(C(=O)N(CC)c2cccc3ccccc23)cc1. The minimum absolute atomic E-state index is 0.126. The van der Waals surface area contributed by atoms with Crippen LogP contribution in [0, 0.1) is 0 Å². The molecular weight excluding hydrogens is 392 g/mol. The number of nitrogens with zero attached hydrogens (tertiary/aromatic N) is 1. The zero-order valence-electron chi connectivity index (χ0n) is 17.5. The Morgan fingerprint density at radius 3 is 2.32 bits per heavy atom. The highest BCUT2D eigenvalue weighted by atomic mass is 16.5. The van der Waals surface area contributed by atoms with Gasteiger partial charge in [0.15, 0.2) is 0 Å². The van der Waals surface area contributed by atoms with E-state index in [9.17, 15) is 14.4 Å². The van der Waals surface area contributed by atoms with Gasteiger partial charge in [-0.15, -0.1) is 0 Å². The van der Waals surface area contributed by atoms with Gasteiger partial charge in [0.1, 0.15) is 0 Å². The Kier molecular flexibility index (Phi) is 7.17. The van der Waals surface area contributed by atoms with Crippen molar-refractivity contribution < 1.29 is 19.1 Å². The lowest BCUT2D eigenvalue weighted by Crippen LogP contribution is -2.30. The summed E-state index contributed by atoms with van der Waals surface area (Å²) in [6, 6.07) is 20.5. The van der Waals surface area contributed by atoms with E-state index in [-0.39, 0.29) is 12.5 Å². The molecule has 0 bridgehead atoms. The molecule has 0 aliphatic rings. The standard InChI is InChI=1S/C25H24N2O4/c1-3-27(22-11-7-9-18-8-5-6-10-21(18)22)25(30)19-12-14-20(15-13-19)26-23(28)16-17-24(29)31-4-2/h5-17H,3-4H2,1-2H3,(H,26,28). The number of fused-ring (bicyclic) bond motifs is 1. The highest BCUT2D eigenvalue weighted by Crippen LogP contribution is 2.28. The van der Waals surface area contributed by atoms with Crippen LogP contribution in [-0.4, -0.2) is 30.9 Å². The molecule has 0 aliphatic carbocycles. The second-order valence-electron chi connectivity index (χ2n) is 6.70. The van der Waals surface area contributed by atoms with Gasteiger partial charge in [0.05, 0.1) is 12.3 Å². The van der Waals surface area contributed by atoms with E-state index in [4.69, 9.17) is 4.74 Å². The molecule has 0 heterocycles. The van der Waals surface area contributed by atoms with Crippen LogP contribution in [0.25, 0.3) is 10.8 Å². The van der Waals surface area contributed by atoms with E-state index in [1.54, 1.807) is 36.1 Å². The number of hydrogen-bond donors (Lipinski definition) is 1. The number of rotatable bonds is 7. The van der Waals surface area contributed by atoms with Gasteiger partial charge in [-0.25, -0.2) is 4.79 Å². The van der Waals surface area contributed by atoms with Crippen LogP contribution < -0.4 is 10.2 Å². The van der Waals surface area contributed by atoms with Crippen LogP contribution in [0.3, 0.4) is 0 Å². The van der Waals surface area contributed by atoms with Crippen molar-refractivity contribution in [3.8, 4) is 0 Å². The molecule has 3 aromatic rings. The highest BCUT2D eigenvalue weighted by molar-refractivity contribution is 6.11. The normalized spacial score (nSPS) is 10.8. The summed E-state index contributed by atoms with van der Waals surface area (Å²) in [4.78, 5) is 38.1. The Morgan fingerprint density at radius 2 is 1.61 bits per heavy atom. The Labute approximate surface area is 181 Å². The fourth-order valence-corrected chi connectivity index (χ4v) is 3.24. The predicted molar refractivity (Wildman–Crippen MR) is 122 cm³/mol. The molecule has 0 radical (unpaired) electrons. The third kappa shape index (κ3) is 5.36. The number of hydrogen-bond acceptors (Lipinski definition) is 4. The summed E-state index contributed by atoms with van der Waals surface area (Å²) in [6.07, 6.45) is 2.18. The maximum Gasteiger partial charge on any atom is 0.330 e. The van der Waals surface area contributed by atoms with Crippen molar-refractivity contribution in [2.75, 3.05) is 23.4 Å². The molecule has 0 aliphatic heterocycles. The summed E-state index contributed by atoms with van der Waals surface area (Å²) < 4.78 is 4.73. The van der Waals surface area contributed by atoms with E-state index in [1.165, 1.54) is 0 Å². The summed E-state index contributed by atoms with van der Waals surface area (Å²) in [5, 5.41) is 4.73. The van der Waals surface area contributed by atoms with Crippen LogP contribution >= 0.6 is 0 Å². The second kappa shape index (κ2) is 10.2. The molecular formula is C25H24N2O4. The quantitative estimate of drug-likeness (QED) is 0.452. The van der Waals surface area contributed by atoms with Gasteiger partial charge in [-0.05, 0) is 49.6 Å². The molecule has 0 aromatic heterocycles. The highest BCUT2D eigenvalue weighted by Gasteiger charge is 2.18. The topological polar surface area (TPSA) is 75.7 Å². The van der Waals surface area contributed by atoms with Crippen LogP contribution in [0.15, 0.2) is 78.9 Å². The van der Waals surface area contributed by atoms with Gasteiger partial charge >= 0.3 is 5.97 Å². The summed E-state index contributed by atoms with van der Waals surface area (Å²) >= 11 is 0. The Hall–Kier alpha value is -3.93. The van der Waals surface area contributed by atoms with Gasteiger partial charge in [-0.2, -0.15) is 0 Å². The van der Waals surface area contributed by atoms with Crippen LogP contribution in [0.4, 0.5) is 11.4 Å². The number of carbonyl (C=O) groups is 3. The third-order valence-electron chi connectivity index (χ3n) is 4.68. The van der Waals surface area contributed by atoms with Crippen molar-refractivity contribution in [3.63, 3.8) is 0 Å². The van der Waals surface area contributed by atoms with Crippen molar-refractivity contribution in [3.05, 3.63) is 84.4 Å². The molecule has 0 atom stereocenters. The Bertz CT molecular complexity index is 1110. The predicted octanol–water partition coefficient (Wildman–Crippen LogP) is 4.56. The monoisotopic (exact) mass is 416 g/mol. The van der Waals surface area contributed by atoms with Gasteiger partial charge in [0.2, 0.25) is 5.91 Å². The van der Waals surface area contributed by atoms with Crippen LogP contribution in [0.1, 0.15) is 24.2 Å². The largest absolute Gasteiger partial charge is 0.463 e. The summed E-state index contributed by atoms with van der Waals surface area (Å²) in [5.41, 5.74) is 1.88. The minimum atomic E-state index is -0.577. The summed E-state index contributed by atoms with van der Waals surface area (Å²) in [7, 11) is 0. The summed E-state index contributed by atoms with van der Waals surface area (Å²) in [5.74, 6) is -1.16. The number of anilines is 2. The van der Waals surface area contributed by atoms with Gasteiger partial charge < -0.3 is 15.0 Å². The van der Waals surface area contributed by atoms with Gasteiger partial charge in [0.25, 0.3) is 5.91 Å². The molecule has 0 spiro atoms. The minimum Gasteiger partial charge on any atom is -0.463 e. The number of amides is 2. The first kappa shape index (κ1) is 21.8. The maximum atomic E-state index is 13.2. The van der Waals surface area contributed by atoms with E-state index < -0.39 is 11.9 Å². The van der Waals surface area contributed by atoms with E-state index >= 15 is 0 Å². The Morgan fingerprint density at radius 1 is 0.903 bits per heavy atom. The molecule has 6 heteroatoms. The molecule has 3 rings (SSSR count). The molecule has 6 nitrogen and oxygen atoms in total. The molecule has 1 N–H and O–H groups in total. The lowest BCUT2D eigenvalue weighted by molar-refractivity contribution is -0.137. The van der Waals surface area contributed by atoms with Gasteiger partial charge in [-0.3, -0.25) is 9.59 Å². The zero-order chi connectivity index (χ0) is 22.2. The smallest absolute Gasteiger partial charge is 0.330 e. The molecule has 0 unspecified atom stereocenters. The van der Waals surface area contributed by atoms with Gasteiger partial charge in [-0.1, -0.05) is 36.4 Å². The van der Waals surface area contributed by atoms with E-state index in [1.807, 2.05) is 49.4 Å². The van der Waals surface area contributed by atoms with Crippen molar-refractivity contribution in [2.24, 2.45) is 0 Å². The van der Waals surface area contributed by atoms with Crippen molar-refractivity contribution in [1.29, 1.82) is 0 Å². The molecule has 2 amide bonds. The lowest BCUT2D eigenvalue weighted by atomic mass is 10.1. The molecule has 0 saturated heterocycles. The molecule has 0 saturated carbocycles. The molecule has 158 valence electrons. The lowest BCUT2D eigenvalue weighted by Gasteiger charge is -2.23.